The Labute approximate surface area is 170 Å². The average molecular weight is 399 g/mol. The molecule has 0 bridgehead atoms. The second kappa shape index (κ2) is 9.91. The van der Waals surface area contributed by atoms with Gasteiger partial charge < -0.3 is 19.9 Å². The quantitative estimate of drug-likeness (QED) is 0.760. The third-order valence-corrected chi connectivity index (χ3v) is 4.86. The summed E-state index contributed by atoms with van der Waals surface area (Å²) >= 11 is 0. The Morgan fingerprint density at radius 2 is 1.59 bits per heavy atom. The number of rotatable bonds is 6. The molecule has 0 unspecified atom stereocenters. The second-order valence-electron chi connectivity index (χ2n) is 7.06. The van der Waals surface area contributed by atoms with Crippen LogP contribution in [0.2, 0.25) is 0 Å². The Morgan fingerprint density at radius 1 is 0.966 bits per heavy atom. The molecule has 1 aliphatic heterocycles. The van der Waals surface area contributed by atoms with Crippen LogP contribution in [0.1, 0.15) is 11.1 Å². The highest BCUT2D eigenvalue weighted by atomic mass is 19.1. The predicted octanol–water partition coefficient (Wildman–Crippen LogP) is 2.61. The molecule has 0 saturated carbocycles. The number of hydrogen-bond donors (Lipinski definition) is 1. The van der Waals surface area contributed by atoms with Crippen molar-refractivity contribution < 1.29 is 18.7 Å². The Morgan fingerprint density at radius 3 is 2.24 bits per heavy atom. The van der Waals surface area contributed by atoms with Gasteiger partial charge in [-0.1, -0.05) is 29.8 Å². The van der Waals surface area contributed by atoms with Crippen molar-refractivity contribution in [2.24, 2.45) is 0 Å². The number of aryl methyl sites for hydroxylation is 1. The van der Waals surface area contributed by atoms with Crippen molar-refractivity contribution >= 4 is 11.9 Å². The first-order valence-corrected chi connectivity index (χ1v) is 9.76. The Bertz CT molecular complexity index is 816. The Hall–Kier alpha value is -3.09. The molecule has 0 radical (unpaired) electrons. The minimum atomic E-state index is -0.317. The van der Waals surface area contributed by atoms with Crippen molar-refractivity contribution in [1.82, 2.24) is 15.1 Å². The van der Waals surface area contributed by atoms with Gasteiger partial charge in [0.25, 0.3) is 0 Å². The van der Waals surface area contributed by atoms with Crippen LogP contribution in [0.3, 0.4) is 0 Å². The molecule has 1 N–H and O–H groups in total. The molecule has 1 heterocycles. The van der Waals surface area contributed by atoms with Gasteiger partial charge in [0.05, 0.1) is 13.0 Å². The number of amides is 3. The van der Waals surface area contributed by atoms with Crippen molar-refractivity contribution in [3.63, 3.8) is 0 Å². The summed E-state index contributed by atoms with van der Waals surface area (Å²) in [5.74, 6) is 0.324. The van der Waals surface area contributed by atoms with E-state index in [9.17, 15) is 14.0 Å². The van der Waals surface area contributed by atoms with Crippen LogP contribution in [0, 0.1) is 12.7 Å². The summed E-state index contributed by atoms with van der Waals surface area (Å²) in [6, 6.07) is 13.5. The smallest absolute Gasteiger partial charge is 0.317 e. The third kappa shape index (κ3) is 6.20. The molecule has 0 spiro atoms. The summed E-state index contributed by atoms with van der Waals surface area (Å²) in [5.41, 5.74) is 2.17. The topological polar surface area (TPSA) is 61.9 Å². The van der Waals surface area contributed by atoms with E-state index >= 15 is 0 Å². The minimum absolute atomic E-state index is 0.0848. The number of hydrogen-bond acceptors (Lipinski definition) is 3. The number of carbonyl (C=O) groups is 2. The van der Waals surface area contributed by atoms with E-state index in [2.05, 4.69) is 5.32 Å². The lowest BCUT2D eigenvalue weighted by atomic mass is 10.1. The molecule has 0 aliphatic carbocycles. The highest BCUT2D eigenvalue weighted by molar-refractivity contribution is 5.79. The van der Waals surface area contributed by atoms with Crippen molar-refractivity contribution in [3.05, 3.63) is 65.5 Å². The molecule has 6 nitrogen and oxygen atoms in total. The van der Waals surface area contributed by atoms with Gasteiger partial charge in [-0.15, -0.1) is 0 Å². The van der Waals surface area contributed by atoms with Crippen LogP contribution in [-0.4, -0.2) is 61.1 Å². The maximum atomic E-state index is 12.8. The monoisotopic (exact) mass is 399 g/mol. The molecule has 2 aromatic rings. The fraction of sp³-hybridized carbons (Fsp3) is 0.364. The van der Waals surface area contributed by atoms with E-state index < -0.39 is 0 Å². The fourth-order valence-electron chi connectivity index (χ4n) is 3.12. The van der Waals surface area contributed by atoms with Gasteiger partial charge in [0.2, 0.25) is 5.91 Å². The molecule has 2 aromatic carbocycles. The lowest BCUT2D eigenvalue weighted by molar-refractivity contribution is -0.131. The highest BCUT2D eigenvalue weighted by Crippen LogP contribution is 2.11. The lowest BCUT2D eigenvalue weighted by Gasteiger charge is -2.34. The minimum Gasteiger partial charge on any atom is -0.492 e. The molecular formula is C22H26FN3O3. The standard InChI is InChI=1S/C22H26FN3O3/c1-17-2-4-18(5-3-17)16-21(27)25-11-13-26(14-12-25)22(28)24-10-15-29-20-8-6-19(23)7-9-20/h2-9H,10-16H2,1H3,(H,24,28). The summed E-state index contributed by atoms with van der Waals surface area (Å²) < 4.78 is 18.3. The molecule has 3 rings (SSSR count). The fourth-order valence-corrected chi connectivity index (χ4v) is 3.12. The molecule has 3 amide bonds. The van der Waals surface area contributed by atoms with Gasteiger partial charge in [0, 0.05) is 26.2 Å². The maximum Gasteiger partial charge on any atom is 0.317 e. The van der Waals surface area contributed by atoms with Gasteiger partial charge in [-0.05, 0) is 36.8 Å². The van der Waals surface area contributed by atoms with Crippen LogP contribution in [-0.2, 0) is 11.2 Å². The number of halogens is 1. The zero-order valence-electron chi connectivity index (χ0n) is 16.6. The SMILES string of the molecule is Cc1ccc(CC(=O)N2CCN(C(=O)NCCOc3ccc(F)cc3)CC2)cc1. The second-order valence-corrected chi connectivity index (χ2v) is 7.06. The van der Waals surface area contributed by atoms with Crippen molar-refractivity contribution in [1.29, 1.82) is 0 Å². The number of carbonyl (C=O) groups excluding carboxylic acids is 2. The third-order valence-electron chi connectivity index (χ3n) is 4.86. The largest absolute Gasteiger partial charge is 0.492 e. The van der Waals surface area contributed by atoms with Crippen molar-refractivity contribution in [3.8, 4) is 5.75 Å². The van der Waals surface area contributed by atoms with Gasteiger partial charge in [0.15, 0.2) is 0 Å². The molecule has 7 heteroatoms. The molecule has 1 aliphatic rings. The Balaban J connectivity index is 1.34. The number of urea groups is 1. The summed E-state index contributed by atoms with van der Waals surface area (Å²) in [6.45, 7) is 4.74. The predicted molar refractivity (Wildman–Crippen MR) is 108 cm³/mol. The van der Waals surface area contributed by atoms with Crippen LogP contribution in [0.25, 0.3) is 0 Å². The highest BCUT2D eigenvalue weighted by Gasteiger charge is 2.23. The van der Waals surface area contributed by atoms with Gasteiger partial charge in [-0.25, -0.2) is 9.18 Å². The zero-order valence-corrected chi connectivity index (χ0v) is 16.6. The van der Waals surface area contributed by atoms with Crippen molar-refractivity contribution in [2.75, 3.05) is 39.3 Å². The van der Waals surface area contributed by atoms with E-state index in [1.54, 1.807) is 21.9 Å². The van der Waals surface area contributed by atoms with Gasteiger partial charge in [0.1, 0.15) is 18.2 Å². The van der Waals surface area contributed by atoms with Gasteiger partial charge in [-0.3, -0.25) is 4.79 Å². The number of benzene rings is 2. The summed E-state index contributed by atoms with van der Waals surface area (Å²) in [7, 11) is 0. The van der Waals surface area contributed by atoms with E-state index in [1.807, 2.05) is 31.2 Å². The molecule has 29 heavy (non-hydrogen) atoms. The molecule has 154 valence electrons. The Kier molecular flexibility index (Phi) is 7.05. The number of piperazine rings is 1. The first-order chi connectivity index (χ1) is 14.0. The molecule has 1 saturated heterocycles. The van der Waals surface area contributed by atoms with E-state index in [1.165, 1.54) is 17.7 Å². The number of nitrogens with zero attached hydrogens (tertiary/aromatic N) is 2. The molecule has 0 aromatic heterocycles. The molecule has 0 atom stereocenters. The maximum absolute atomic E-state index is 12.8. The van der Waals surface area contributed by atoms with Crippen molar-refractivity contribution in [2.45, 2.75) is 13.3 Å². The first-order valence-electron chi connectivity index (χ1n) is 9.76. The molecule has 1 fully saturated rings. The van der Waals surface area contributed by atoms with E-state index in [4.69, 9.17) is 4.74 Å². The normalized spacial score (nSPS) is 13.9. The van der Waals surface area contributed by atoms with Crippen LogP contribution >= 0.6 is 0 Å². The first kappa shape index (κ1) is 20.6. The lowest BCUT2D eigenvalue weighted by Crippen LogP contribution is -2.53. The van der Waals surface area contributed by atoms with E-state index in [0.29, 0.717) is 51.5 Å². The van der Waals surface area contributed by atoms with Gasteiger partial charge >= 0.3 is 6.03 Å². The number of ether oxygens (including phenoxy) is 1. The van der Waals surface area contributed by atoms with Gasteiger partial charge in [-0.2, -0.15) is 0 Å². The summed E-state index contributed by atoms with van der Waals surface area (Å²) in [4.78, 5) is 28.2. The molecular weight excluding hydrogens is 373 g/mol. The zero-order chi connectivity index (χ0) is 20.6. The summed E-state index contributed by atoms with van der Waals surface area (Å²) in [5, 5.41) is 2.81. The summed E-state index contributed by atoms with van der Waals surface area (Å²) in [6.07, 6.45) is 0.382. The van der Waals surface area contributed by atoms with E-state index in [-0.39, 0.29) is 17.8 Å². The van der Waals surface area contributed by atoms with Crippen LogP contribution in [0.15, 0.2) is 48.5 Å². The van der Waals surface area contributed by atoms with Crippen LogP contribution in [0.5, 0.6) is 5.75 Å². The average Bonchev–Trinajstić information content (AvgIpc) is 2.74. The van der Waals surface area contributed by atoms with Crippen LogP contribution < -0.4 is 10.1 Å². The van der Waals surface area contributed by atoms with E-state index in [0.717, 1.165) is 5.56 Å². The van der Waals surface area contributed by atoms with Crippen LogP contribution in [0.4, 0.5) is 9.18 Å². The number of nitrogens with one attached hydrogen (secondary N) is 1.